The van der Waals surface area contributed by atoms with Crippen molar-refractivity contribution in [1.82, 2.24) is 10.3 Å². The summed E-state index contributed by atoms with van der Waals surface area (Å²) in [5, 5.41) is 3.36. The average molecular weight is 267 g/mol. The van der Waals surface area contributed by atoms with Crippen LogP contribution in [0.4, 0.5) is 0 Å². The maximum Gasteiger partial charge on any atom is 0.118 e. The van der Waals surface area contributed by atoms with Gasteiger partial charge in [0, 0.05) is 12.7 Å². The van der Waals surface area contributed by atoms with Crippen molar-refractivity contribution in [3.63, 3.8) is 0 Å². The van der Waals surface area contributed by atoms with E-state index in [9.17, 15) is 0 Å². The number of benzene rings is 1. The molecule has 1 aliphatic rings. The monoisotopic (exact) mass is 267 g/mol. The second kappa shape index (κ2) is 5.74. The van der Waals surface area contributed by atoms with E-state index in [-0.39, 0.29) is 5.92 Å². The fraction of sp³-hybridized carbons (Fsp3) is 0.250. The third-order valence-electron chi connectivity index (χ3n) is 3.41. The Morgan fingerprint density at radius 1 is 1.15 bits per heavy atom. The highest BCUT2D eigenvalue weighted by Gasteiger charge is 2.23. The number of nitrogens with zero attached hydrogens (tertiary/aromatic N) is 2. The third kappa shape index (κ3) is 2.50. The molecule has 3 rings (SSSR count). The van der Waals surface area contributed by atoms with Crippen LogP contribution in [-0.4, -0.2) is 31.0 Å². The van der Waals surface area contributed by atoms with Gasteiger partial charge in [-0.25, -0.2) is 0 Å². The average Bonchev–Trinajstić information content (AvgIpc) is 3.03. The van der Waals surface area contributed by atoms with Crippen LogP contribution in [0.1, 0.15) is 17.2 Å². The van der Waals surface area contributed by atoms with E-state index in [1.54, 1.807) is 7.11 Å². The fourth-order valence-corrected chi connectivity index (χ4v) is 2.42. The van der Waals surface area contributed by atoms with Crippen LogP contribution in [0.25, 0.3) is 0 Å². The highest BCUT2D eigenvalue weighted by atomic mass is 16.5. The van der Waals surface area contributed by atoms with Crippen LogP contribution in [0.3, 0.4) is 0 Å². The molecule has 1 aromatic heterocycles. The number of ether oxygens (including phenoxy) is 1. The van der Waals surface area contributed by atoms with Crippen molar-refractivity contribution in [3.05, 3.63) is 59.9 Å². The molecule has 0 spiro atoms. The molecule has 0 saturated heterocycles. The van der Waals surface area contributed by atoms with Crippen LogP contribution >= 0.6 is 0 Å². The molecule has 0 saturated carbocycles. The minimum absolute atomic E-state index is 0.0598. The smallest absolute Gasteiger partial charge is 0.118 e. The molecule has 0 aliphatic carbocycles. The van der Waals surface area contributed by atoms with Gasteiger partial charge in [0.2, 0.25) is 0 Å². The second-order valence-corrected chi connectivity index (χ2v) is 4.65. The van der Waals surface area contributed by atoms with Gasteiger partial charge in [-0.2, -0.15) is 0 Å². The molecule has 1 unspecified atom stereocenters. The first-order valence-electron chi connectivity index (χ1n) is 6.71. The minimum Gasteiger partial charge on any atom is -0.497 e. The summed E-state index contributed by atoms with van der Waals surface area (Å²) in [6.45, 7) is 1.73. The fourth-order valence-electron chi connectivity index (χ4n) is 2.42. The number of hydrogen-bond acceptors (Lipinski definition) is 4. The summed E-state index contributed by atoms with van der Waals surface area (Å²) in [5.74, 6) is 1.91. The van der Waals surface area contributed by atoms with Gasteiger partial charge in [-0.05, 0) is 29.8 Å². The number of hydrogen-bond donors (Lipinski definition) is 1. The predicted octanol–water partition coefficient (Wildman–Crippen LogP) is 2.22. The maximum atomic E-state index is 5.22. The molecule has 0 bridgehead atoms. The molecule has 1 N–H and O–H groups in total. The number of amidine groups is 1. The van der Waals surface area contributed by atoms with Gasteiger partial charge in [0.15, 0.2) is 0 Å². The van der Waals surface area contributed by atoms with Gasteiger partial charge in [-0.15, -0.1) is 0 Å². The minimum atomic E-state index is 0.0598. The number of nitrogens with one attached hydrogen (secondary N) is 1. The molecule has 102 valence electrons. The molecule has 2 heterocycles. The zero-order valence-electron chi connectivity index (χ0n) is 11.4. The van der Waals surface area contributed by atoms with E-state index < -0.39 is 0 Å². The van der Waals surface area contributed by atoms with Gasteiger partial charge >= 0.3 is 0 Å². The normalized spacial score (nSPS) is 15.3. The van der Waals surface area contributed by atoms with E-state index in [1.165, 1.54) is 0 Å². The third-order valence-corrected chi connectivity index (χ3v) is 3.41. The maximum absolute atomic E-state index is 5.22. The largest absolute Gasteiger partial charge is 0.497 e. The van der Waals surface area contributed by atoms with Gasteiger partial charge in [0.05, 0.1) is 25.3 Å². The van der Waals surface area contributed by atoms with E-state index in [1.807, 2.05) is 36.5 Å². The summed E-state index contributed by atoms with van der Waals surface area (Å²) in [4.78, 5) is 9.06. The van der Waals surface area contributed by atoms with Gasteiger partial charge in [-0.3, -0.25) is 9.98 Å². The number of aromatic nitrogens is 1. The molecule has 1 aliphatic heterocycles. The molecular formula is C16H17N3O. The quantitative estimate of drug-likeness (QED) is 0.924. The Balaban J connectivity index is 2.00. The van der Waals surface area contributed by atoms with Crippen LogP contribution in [-0.2, 0) is 0 Å². The lowest BCUT2D eigenvalue weighted by Gasteiger charge is -2.18. The number of aliphatic imine (C=N–C) groups is 1. The molecule has 1 aromatic carbocycles. The van der Waals surface area contributed by atoms with E-state index in [4.69, 9.17) is 4.74 Å². The SMILES string of the molecule is COc1ccc(C(C2=NCCN2)c2ccccn2)cc1. The van der Waals surface area contributed by atoms with Crippen molar-refractivity contribution in [2.45, 2.75) is 5.92 Å². The number of pyridine rings is 1. The summed E-state index contributed by atoms with van der Waals surface area (Å²) in [6, 6.07) is 14.1. The van der Waals surface area contributed by atoms with Crippen molar-refractivity contribution in [2.24, 2.45) is 4.99 Å². The molecular weight excluding hydrogens is 250 g/mol. The lowest BCUT2D eigenvalue weighted by molar-refractivity contribution is 0.414. The molecule has 1 atom stereocenters. The lowest BCUT2D eigenvalue weighted by atomic mass is 9.94. The van der Waals surface area contributed by atoms with Crippen molar-refractivity contribution >= 4 is 5.84 Å². The topological polar surface area (TPSA) is 46.5 Å². The molecule has 4 heteroatoms. The Morgan fingerprint density at radius 2 is 2.00 bits per heavy atom. The second-order valence-electron chi connectivity index (χ2n) is 4.65. The first-order valence-corrected chi connectivity index (χ1v) is 6.71. The van der Waals surface area contributed by atoms with Gasteiger partial charge < -0.3 is 10.1 Å². The van der Waals surface area contributed by atoms with Crippen molar-refractivity contribution in [1.29, 1.82) is 0 Å². The van der Waals surface area contributed by atoms with Crippen molar-refractivity contribution in [2.75, 3.05) is 20.2 Å². The summed E-state index contributed by atoms with van der Waals surface area (Å²) in [7, 11) is 1.67. The first kappa shape index (κ1) is 12.7. The van der Waals surface area contributed by atoms with Crippen LogP contribution in [0.15, 0.2) is 53.7 Å². The number of rotatable bonds is 4. The summed E-state index contributed by atoms with van der Waals surface area (Å²) in [5.41, 5.74) is 2.17. The van der Waals surface area contributed by atoms with Crippen LogP contribution in [0.2, 0.25) is 0 Å². The summed E-state index contributed by atoms with van der Waals surface area (Å²) in [6.07, 6.45) is 1.82. The first-order chi connectivity index (χ1) is 9.88. The van der Waals surface area contributed by atoms with E-state index in [0.717, 1.165) is 35.9 Å². The summed E-state index contributed by atoms with van der Waals surface area (Å²) >= 11 is 0. The molecule has 20 heavy (non-hydrogen) atoms. The zero-order chi connectivity index (χ0) is 13.8. The van der Waals surface area contributed by atoms with Crippen LogP contribution in [0.5, 0.6) is 5.75 Å². The molecule has 2 aromatic rings. The Labute approximate surface area is 118 Å². The lowest BCUT2D eigenvalue weighted by Crippen LogP contribution is -2.27. The van der Waals surface area contributed by atoms with E-state index in [2.05, 4.69) is 27.4 Å². The Morgan fingerprint density at radius 3 is 2.60 bits per heavy atom. The Hall–Kier alpha value is -2.36. The van der Waals surface area contributed by atoms with Crippen LogP contribution < -0.4 is 10.1 Å². The molecule has 4 nitrogen and oxygen atoms in total. The van der Waals surface area contributed by atoms with Gasteiger partial charge in [0.25, 0.3) is 0 Å². The highest BCUT2D eigenvalue weighted by Crippen LogP contribution is 2.26. The summed E-state index contributed by atoms with van der Waals surface area (Å²) < 4.78 is 5.22. The predicted molar refractivity (Wildman–Crippen MR) is 79.4 cm³/mol. The van der Waals surface area contributed by atoms with Gasteiger partial charge in [-0.1, -0.05) is 18.2 Å². The van der Waals surface area contributed by atoms with E-state index in [0.29, 0.717) is 0 Å². The zero-order valence-corrected chi connectivity index (χ0v) is 11.4. The van der Waals surface area contributed by atoms with Crippen LogP contribution in [0, 0.1) is 0 Å². The molecule has 0 radical (unpaired) electrons. The molecule has 0 amide bonds. The van der Waals surface area contributed by atoms with Crippen molar-refractivity contribution in [3.8, 4) is 5.75 Å². The van der Waals surface area contributed by atoms with Crippen molar-refractivity contribution < 1.29 is 4.74 Å². The highest BCUT2D eigenvalue weighted by molar-refractivity contribution is 5.92. The van der Waals surface area contributed by atoms with Gasteiger partial charge in [0.1, 0.15) is 11.6 Å². The molecule has 0 fully saturated rings. The Kier molecular flexibility index (Phi) is 3.63. The number of methoxy groups -OCH3 is 1. The Bertz CT molecular complexity index is 593. The van der Waals surface area contributed by atoms with E-state index >= 15 is 0 Å². The standard InChI is InChI=1S/C16H17N3O/c1-20-13-7-5-12(6-8-13)15(16-18-10-11-19-16)14-4-2-3-9-17-14/h2-9,15H,10-11H2,1H3,(H,18,19).